The molecule has 26 heavy (non-hydrogen) atoms. The number of hydrogen-bond acceptors (Lipinski definition) is 6. The third-order valence-electron chi connectivity index (χ3n) is 5.41. The Kier molecular flexibility index (Phi) is 5.48. The number of nitrogens with one attached hydrogen (secondary N) is 2. The maximum atomic E-state index is 13.0. The largest absolute Gasteiger partial charge is 0.344 e. The fraction of sp³-hybridized carbons (Fsp3) is 0.579. The van der Waals surface area contributed by atoms with E-state index in [-0.39, 0.29) is 11.9 Å². The summed E-state index contributed by atoms with van der Waals surface area (Å²) in [7, 11) is 1.96. The lowest BCUT2D eigenvalue weighted by atomic mass is 9.78. The third-order valence-corrected chi connectivity index (χ3v) is 5.41. The molecular weight excluding hydrogens is 328 g/mol. The molecule has 1 fully saturated rings. The van der Waals surface area contributed by atoms with Gasteiger partial charge in [-0.2, -0.15) is 0 Å². The Balaban J connectivity index is 2.03. The number of piperidine rings is 1. The zero-order chi connectivity index (χ0) is 18.7. The number of hydrogen-bond donors (Lipinski definition) is 2. The number of carbonyl (C=O) groups is 1. The smallest absolute Gasteiger partial charge is 0.237 e. The van der Waals surface area contributed by atoms with Crippen LogP contribution < -0.4 is 10.6 Å². The van der Waals surface area contributed by atoms with Gasteiger partial charge in [0.05, 0.1) is 11.6 Å². The van der Waals surface area contributed by atoms with Crippen molar-refractivity contribution in [1.29, 1.82) is 0 Å². The maximum Gasteiger partial charge on any atom is 0.237 e. The van der Waals surface area contributed by atoms with Gasteiger partial charge in [-0.05, 0) is 45.5 Å². The highest BCUT2D eigenvalue weighted by Gasteiger charge is 2.40. The van der Waals surface area contributed by atoms with Gasteiger partial charge in [-0.15, -0.1) is 0 Å². The fourth-order valence-electron chi connectivity index (χ4n) is 3.72. The minimum atomic E-state index is -0.519. The Labute approximate surface area is 154 Å². The summed E-state index contributed by atoms with van der Waals surface area (Å²) in [4.78, 5) is 28.2. The Morgan fingerprint density at radius 2 is 2.12 bits per heavy atom. The van der Waals surface area contributed by atoms with Crippen molar-refractivity contribution in [3.05, 3.63) is 30.2 Å². The number of aromatic nitrogens is 3. The molecule has 2 N–H and O–H groups in total. The molecule has 0 bridgehead atoms. The van der Waals surface area contributed by atoms with Gasteiger partial charge in [0.25, 0.3) is 0 Å². The van der Waals surface area contributed by atoms with Crippen molar-refractivity contribution in [2.45, 2.75) is 38.8 Å². The number of pyridine rings is 1. The van der Waals surface area contributed by atoms with E-state index in [1.165, 1.54) is 0 Å². The summed E-state index contributed by atoms with van der Waals surface area (Å²) in [5, 5.41) is 6.83. The molecule has 1 amide bonds. The third kappa shape index (κ3) is 3.54. The Morgan fingerprint density at radius 1 is 1.38 bits per heavy atom. The molecule has 1 saturated heterocycles. The van der Waals surface area contributed by atoms with Gasteiger partial charge in [0.2, 0.25) is 5.91 Å². The molecule has 7 heteroatoms. The highest BCUT2D eigenvalue weighted by molar-refractivity contribution is 5.84. The van der Waals surface area contributed by atoms with Gasteiger partial charge in [0, 0.05) is 30.7 Å². The molecule has 3 heterocycles. The van der Waals surface area contributed by atoms with Gasteiger partial charge < -0.3 is 10.6 Å². The van der Waals surface area contributed by atoms with Gasteiger partial charge in [-0.1, -0.05) is 13.8 Å². The number of fused-ring (bicyclic) bond motifs is 1. The standard InChI is InChI=1S/C19H28N6O/c1-5-25(4)14(3)18(26)24-19(10-13(2)11-20-12-19)15-6-7-22-17-16(15)21-8-9-23-17/h6-9,13-14,20H,5,10-12H2,1-4H3,(H,24,26)/t13-,14+,19-/m0/s1. The summed E-state index contributed by atoms with van der Waals surface area (Å²) in [5.41, 5.74) is 1.82. The van der Waals surface area contributed by atoms with Crippen LogP contribution in [-0.4, -0.2) is 58.5 Å². The van der Waals surface area contributed by atoms with Crippen LogP contribution in [0.1, 0.15) is 32.8 Å². The van der Waals surface area contributed by atoms with Gasteiger partial charge in [-0.25, -0.2) is 9.97 Å². The van der Waals surface area contributed by atoms with Crippen LogP contribution in [0.15, 0.2) is 24.7 Å². The van der Waals surface area contributed by atoms with Gasteiger partial charge in [0.1, 0.15) is 5.52 Å². The number of nitrogens with zero attached hydrogens (tertiary/aromatic N) is 4. The van der Waals surface area contributed by atoms with E-state index < -0.39 is 5.54 Å². The SMILES string of the molecule is CCN(C)[C@H](C)C(=O)N[C@]1(c2ccnc3nccnc23)CNC[C@@H](C)C1. The molecule has 3 atom stereocenters. The van der Waals surface area contributed by atoms with Crippen molar-refractivity contribution in [1.82, 2.24) is 30.5 Å². The van der Waals surface area contributed by atoms with Crippen molar-refractivity contribution >= 4 is 17.1 Å². The molecule has 140 valence electrons. The summed E-state index contributed by atoms with van der Waals surface area (Å²) in [6.07, 6.45) is 5.92. The fourth-order valence-corrected chi connectivity index (χ4v) is 3.72. The zero-order valence-electron chi connectivity index (χ0n) is 16.0. The van der Waals surface area contributed by atoms with Crippen LogP contribution in [0.4, 0.5) is 0 Å². The van der Waals surface area contributed by atoms with Crippen molar-refractivity contribution < 1.29 is 4.79 Å². The van der Waals surface area contributed by atoms with Gasteiger partial charge in [0.15, 0.2) is 5.65 Å². The molecule has 0 aromatic carbocycles. The van der Waals surface area contributed by atoms with Crippen LogP contribution in [0, 0.1) is 5.92 Å². The monoisotopic (exact) mass is 356 g/mol. The predicted octanol–water partition coefficient (Wildman–Crippen LogP) is 1.31. The Bertz CT molecular complexity index is 776. The highest BCUT2D eigenvalue weighted by Crippen LogP contribution is 2.34. The molecule has 1 aliphatic heterocycles. The topological polar surface area (TPSA) is 83.0 Å². The second kappa shape index (κ2) is 7.63. The lowest BCUT2D eigenvalue weighted by Gasteiger charge is -2.42. The first kappa shape index (κ1) is 18.7. The first-order valence-corrected chi connectivity index (χ1v) is 9.26. The van der Waals surface area contributed by atoms with Crippen LogP contribution in [-0.2, 0) is 10.3 Å². The summed E-state index contributed by atoms with van der Waals surface area (Å²) in [6, 6.07) is 1.76. The molecule has 0 aliphatic carbocycles. The molecule has 2 aromatic heterocycles. The quantitative estimate of drug-likeness (QED) is 0.840. The second-order valence-electron chi connectivity index (χ2n) is 7.35. The van der Waals surface area contributed by atoms with E-state index >= 15 is 0 Å². The highest BCUT2D eigenvalue weighted by atomic mass is 16.2. The Morgan fingerprint density at radius 3 is 2.85 bits per heavy atom. The van der Waals surface area contributed by atoms with Crippen LogP contribution >= 0.6 is 0 Å². The lowest BCUT2D eigenvalue weighted by Crippen LogP contribution is -2.60. The van der Waals surface area contributed by atoms with E-state index in [0.29, 0.717) is 18.1 Å². The summed E-state index contributed by atoms with van der Waals surface area (Å²) in [5.74, 6) is 0.460. The van der Waals surface area contributed by atoms with Crippen molar-refractivity contribution in [3.8, 4) is 0 Å². The Hall–Kier alpha value is -2.12. The molecule has 3 rings (SSSR count). The van der Waals surface area contributed by atoms with E-state index in [1.807, 2.05) is 24.9 Å². The predicted molar refractivity (Wildman–Crippen MR) is 102 cm³/mol. The molecule has 0 radical (unpaired) electrons. The maximum absolute atomic E-state index is 13.0. The molecule has 0 spiro atoms. The number of likely N-dealkylation sites (N-methyl/N-ethyl adjacent to an activating group) is 1. The summed E-state index contributed by atoms with van der Waals surface area (Å²) >= 11 is 0. The van der Waals surface area contributed by atoms with Crippen LogP contribution in [0.25, 0.3) is 11.2 Å². The van der Waals surface area contributed by atoms with Crippen LogP contribution in [0.5, 0.6) is 0 Å². The summed E-state index contributed by atoms with van der Waals surface area (Å²) < 4.78 is 0. The number of carbonyl (C=O) groups excluding carboxylic acids is 1. The van der Waals surface area contributed by atoms with Crippen molar-refractivity contribution in [3.63, 3.8) is 0 Å². The molecule has 0 saturated carbocycles. The second-order valence-corrected chi connectivity index (χ2v) is 7.35. The van der Waals surface area contributed by atoms with E-state index in [2.05, 4.69) is 39.4 Å². The van der Waals surface area contributed by atoms with Crippen molar-refractivity contribution in [2.24, 2.45) is 5.92 Å². The molecule has 0 unspecified atom stereocenters. The van der Waals surface area contributed by atoms with E-state index in [0.717, 1.165) is 30.6 Å². The van der Waals surface area contributed by atoms with Gasteiger partial charge in [-0.3, -0.25) is 14.7 Å². The average molecular weight is 356 g/mol. The zero-order valence-corrected chi connectivity index (χ0v) is 16.0. The van der Waals surface area contributed by atoms with E-state index in [4.69, 9.17) is 0 Å². The van der Waals surface area contributed by atoms with Crippen molar-refractivity contribution in [2.75, 3.05) is 26.7 Å². The molecule has 1 aliphatic rings. The van der Waals surface area contributed by atoms with E-state index in [9.17, 15) is 4.79 Å². The first-order valence-electron chi connectivity index (χ1n) is 9.26. The van der Waals surface area contributed by atoms with E-state index in [1.54, 1.807) is 18.6 Å². The van der Waals surface area contributed by atoms with Crippen LogP contribution in [0.2, 0.25) is 0 Å². The molecule has 2 aromatic rings. The van der Waals surface area contributed by atoms with Gasteiger partial charge >= 0.3 is 0 Å². The lowest BCUT2D eigenvalue weighted by molar-refractivity contribution is -0.128. The number of amides is 1. The van der Waals surface area contributed by atoms with Crippen LogP contribution in [0.3, 0.4) is 0 Å². The molecular formula is C19H28N6O. The summed E-state index contributed by atoms with van der Waals surface area (Å²) in [6.45, 7) is 8.62. The minimum Gasteiger partial charge on any atom is -0.344 e. The average Bonchev–Trinajstić information content (AvgIpc) is 2.66. The molecule has 7 nitrogen and oxygen atoms in total. The first-order chi connectivity index (χ1) is 12.5. The normalized spacial score (nSPS) is 24.6. The number of rotatable bonds is 5. The minimum absolute atomic E-state index is 0.0269.